The molecule has 1 aliphatic heterocycles. The Hall–Kier alpha value is -1.87. The van der Waals surface area contributed by atoms with Gasteiger partial charge in [-0.2, -0.15) is 13.2 Å². The molecule has 186 valence electrons. The fourth-order valence-corrected chi connectivity index (χ4v) is 4.83. The number of benzene rings is 1. The van der Waals surface area contributed by atoms with Crippen molar-refractivity contribution in [3.8, 4) is 0 Å². The summed E-state index contributed by atoms with van der Waals surface area (Å²) in [5.74, 6) is -0.447. The minimum atomic E-state index is -4.69. The van der Waals surface area contributed by atoms with Crippen molar-refractivity contribution in [3.05, 3.63) is 29.6 Å². The summed E-state index contributed by atoms with van der Waals surface area (Å²) in [5.41, 5.74) is -1.17. The third-order valence-corrected chi connectivity index (χ3v) is 6.81. The largest absolute Gasteiger partial charge is 0.419 e. The van der Waals surface area contributed by atoms with Gasteiger partial charge in [0.05, 0.1) is 11.3 Å². The maximum absolute atomic E-state index is 14.4. The van der Waals surface area contributed by atoms with Crippen molar-refractivity contribution in [1.29, 1.82) is 0 Å². The van der Waals surface area contributed by atoms with Gasteiger partial charge in [-0.3, -0.25) is 9.69 Å². The third-order valence-electron chi connectivity index (χ3n) is 6.81. The molecule has 1 saturated carbocycles. The molecule has 1 N–H and O–H groups in total. The highest BCUT2D eigenvalue weighted by Crippen LogP contribution is 2.35. The van der Waals surface area contributed by atoms with Crippen molar-refractivity contribution in [1.82, 2.24) is 10.2 Å². The smallest absolute Gasteiger partial charge is 0.385 e. The Bertz CT molecular complexity index is 759. The zero-order chi connectivity index (χ0) is 23.8. The van der Waals surface area contributed by atoms with E-state index >= 15 is 0 Å². The summed E-state index contributed by atoms with van der Waals surface area (Å²) in [7, 11) is 1.63. The molecule has 33 heavy (non-hydrogen) atoms. The topological polar surface area (TPSA) is 44.8 Å². The van der Waals surface area contributed by atoms with Crippen LogP contribution >= 0.6 is 0 Å². The van der Waals surface area contributed by atoms with E-state index in [9.17, 15) is 22.4 Å². The highest BCUT2D eigenvalue weighted by molar-refractivity contribution is 5.76. The van der Waals surface area contributed by atoms with Crippen LogP contribution in [0.2, 0.25) is 0 Å². The van der Waals surface area contributed by atoms with Gasteiger partial charge in [0.2, 0.25) is 5.91 Å². The number of hydrogen-bond donors (Lipinski definition) is 1. The highest BCUT2D eigenvalue weighted by atomic mass is 19.4. The van der Waals surface area contributed by atoms with Crippen LogP contribution in [0.1, 0.15) is 50.5 Å². The first kappa shape index (κ1) is 25.7. The van der Waals surface area contributed by atoms with Gasteiger partial charge in [-0.05, 0) is 63.1 Å². The molecule has 1 aromatic rings. The molecule has 9 heteroatoms. The molecule has 2 aliphatic rings. The van der Waals surface area contributed by atoms with Crippen LogP contribution in [0, 0.1) is 11.7 Å². The molecule has 3 rings (SSSR count). The maximum Gasteiger partial charge on any atom is 0.419 e. The summed E-state index contributed by atoms with van der Waals surface area (Å²) in [6.45, 7) is 3.99. The Labute approximate surface area is 193 Å². The van der Waals surface area contributed by atoms with E-state index in [1.54, 1.807) is 12.0 Å². The van der Waals surface area contributed by atoms with E-state index in [1.807, 2.05) is 0 Å². The lowest BCUT2D eigenvalue weighted by molar-refractivity contribution is -0.139. The number of rotatable bonds is 9. The summed E-state index contributed by atoms with van der Waals surface area (Å²) >= 11 is 0. The van der Waals surface area contributed by atoms with Gasteiger partial charge in [0.1, 0.15) is 0 Å². The lowest BCUT2D eigenvalue weighted by Crippen LogP contribution is -2.47. The van der Waals surface area contributed by atoms with E-state index < -0.39 is 17.6 Å². The lowest BCUT2D eigenvalue weighted by atomic mass is 9.84. The fourth-order valence-electron chi connectivity index (χ4n) is 4.83. The van der Waals surface area contributed by atoms with Crippen LogP contribution in [0.3, 0.4) is 0 Å². The van der Waals surface area contributed by atoms with Crippen LogP contribution < -0.4 is 10.2 Å². The predicted molar refractivity (Wildman–Crippen MR) is 120 cm³/mol. The van der Waals surface area contributed by atoms with E-state index in [4.69, 9.17) is 4.74 Å². The van der Waals surface area contributed by atoms with E-state index in [-0.39, 0.29) is 17.6 Å². The summed E-state index contributed by atoms with van der Waals surface area (Å²) < 4.78 is 58.4. The second-order valence-electron chi connectivity index (χ2n) is 9.14. The number of piperazine rings is 1. The SMILES string of the molecule is COCCCC(=O)N[C@H]1CC[C@H](CCN2CCN(c3cccc(C(F)(F)F)c3F)CC2)CC1. The molecule has 1 aliphatic carbocycles. The minimum Gasteiger partial charge on any atom is -0.385 e. The van der Waals surface area contributed by atoms with E-state index in [1.165, 1.54) is 12.1 Å². The molecular formula is C24H35F4N3O2. The van der Waals surface area contributed by atoms with E-state index in [2.05, 4.69) is 10.2 Å². The molecule has 0 spiro atoms. The number of ether oxygens (including phenoxy) is 1. The minimum absolute atomic E-state index is 0.0343. The van der Waals surface area contributed by atoms with Crippen molar-refractivity contribution in [3.63, 3.8) is 0 Å². The maximum atomic E-state index is 14.4. The molecule has 5 nitrogen and oxygen atoms in total. The standard InChI is InChI=1S/C24H35F4N3O2/c1-33-17-3-6-22(32)29-19-9-7-18(8-10-19)11-12-30-13-15-31(16-14-30)21-5-2-4-20(23(21)25)24(26,27)28/h2,4-5,18-19H,3,6-17H2,1H3,(H,29,32)/t18-,19-. The van der Waals surface area contributed by atoms with Gasteiger partial charge >= 0.3 is 6.18 Å². The Balaban J connectivity index is 1.36. The molecule has 0 bridgehead atoms. The number of halogens is 4. The normalized spacial score (nSPS) is 22.4. The molecule has 0 aromatic heterocycles. The van der Waals surface area contributed by atoms with Gasteiger partial charge in [0, 0.05) is 52.4 Å². The highest BCUT2D eigenvalue weighted by Gasteiger charge is 2.36. The van der Waals surface area contributed by atoms with Gasteiger partial charge in [0.15, 0.2) is 5.82 Å². The quantitative estimate of drug-likeness (QED) is 0.425. The number of carbonyl (C=O) groups is 1. The molecule has 1 heterocycles. The predicted octanol–water partition coefficient (Wildman–Crippen LogP) is 4.46. The van der Waals surface area contributed by atoms with Crippen molar-refractivity contribution in [2.24, 2.45) is 5.92 Å². The van der Waals surface area contributed by atoms with Gasteiger partial charge in [-0.15, -0.1) is 0 Å². The van der Waals surface area contributed by atoms with Crippen molar-refractivity contribution in [2.75, 3.05) is 51.3 Å². The monoisotopic (exact) mass is 473 g/mol. The lowest BCUT2D eigenvalue weighted by Gasteiger charge is -2.37. The molecule has 2 fully saturated rings. The van der Waals surface area contributed by atoms with Crippen LogP contribution in [0.4, 0.5) is 23.2 Å². The summed E-state index contributed by atoms with van der Waals surface area (Å²) in [6.07, 6.45) is 1.83. The first-order valence-electron chi connectivity index (χ1n) is 11.9. The first-order valence-corrected chi connectivity index (χ1v) is 11.9. The zero-order valence-electron chi connectivity index (χ0n) is 19.3. The molecule has 1 aromatic carbocycles. The van der Waals surface area contributed by atoms with Crippen molar-refractivity contribution in [2.45, 2.75) is 57.2 Å². The van der Waals surface area contributed by atoms with Crippen molar-refractivity contribution >= 4 is 11.6 Å². The summed E-state index contributed by atoms with van der Waals surface area (Å²) in [5, 5.41) is 3.13. The first-order chi connectivity index (χ1) is 15.8. The zero-order valence-corrected chi connectivity index (χ0v) is 19.3. The average molecular weight is 474 g/mol. The van der Waals surface area contributed by atoms with Crippen LogP contribution in [-0.2, 0) is 15.7 Å². The average Bonchev–Trinajstić information content (AvgIpc) is 2.79. The number of nitrogens with one attached hydrogen (secondary N) is 1. The number of alkyl halides is 3. The van der Waals surface area contributed by atoms with Crippen LogP contribution in [0.5, 0.6) is 0 Å². The van der Waals surface area contributed by atoms with Gasteiger partial charge < -0.3 is 15.0 Å². The van der Waals surface area contributed by atoms with Gasteiger partial charge in [-0.25, -0.2) is 4.39 Å². The second-order valence-corrected chi connectivity index (χ2v) is 9.14. The molecule has 0 radical (unpaired) electrons. The Morgan fingerprint density at radius 1 is 1.12 bits per heavy atom. The second kappa shape index (κ2) is 12.0. The number of anilines is 1. The Morgan fingerprint density at radius 3 is 2.45 bits per heavy atom. The van der Waals surface area contributed by atoms with E-state index in [0.29, 0.717) is 45.1 Å². The van der Waals surface area contributed by atoms with E-state index in [0.717, 1.165) is 51.1 Å². The molecule has 0 atom stereocenters. The Kier molecular flexibility index (Phi) is 9.37. The Morgan fingerprint density at radius 2 is 1.82 bits per heavy atom. The third kappa shape index (κ3) is 7.57. The fraction of sp³-hybridized carbons (Fsp3) is 0.708. The number of amides is 1. The van der Waals surface area contributed by atoms with Crippen LogP contribution in [0.15, 0.2) is 18.2 Å². The number of carbonyl (C=O) groups excluding carboxylic acids is 1. The van der Waals surface area contributed by atoms with Gasteiger partial charge in [-0.1, -0.05) is 6.07 Å². The summed E-state index contributed by atoms with van der Waals surface area (Å²) in [4.78, 5) is 16.0. The molecular weight excluding hydrogens is 438 g/mol. The number of nitrogens with zero attached hydrogens (tertiary/aromatic N) is 2. The molecule has 1 saturated heterocycles. The van der Waals surface area contributed by atoms with Crippen molar-refractivity contribution < 1.29 is 27.1 Å². The van der Waals surface area contributed by atoms with Gasteiger partial charge in [0.25, 0.3) is 0 Å². The number of methoxy groups -OCH3 is 1. The molecule has 0 unspecified atom stereocenters. The molecule has 1 amide bonds. The summed E-state index contributed by atoms with van der Waals surface area (Å²) in [6, 6.07) is 3.75. The van der Waals surface area contributed by atoms with Crippen LogP contribution in [0.25, 0.3) is 0 Å². The number of hydrogen-bond acceptors (Lipinski definition) is 4. The van der Waals surface area contributed by atoms with Crippen LogP contribution in [-0.4, -0.2) is 63.3 Å².